The number of aromatic nitrogens is 4. The summed E-state index contributed by atoms with van der Waals surface area (Å²) >= 11 is 0. The molecule has 106 valence electrons. The van der Waals surface area contributed by atoms with Gasteiger partial charge in [0.25, 0.3) is 0 Å². The Labute approximate surface area is 119 Å². The highest BCUT2D eigenvalue weighted by molar-refractivity contribution is 6.04. The van der Waals surface area contributed by atoms with E-state index in [1.54, 1.807) is 12.5 Å². The molecule has 0 spiro atoms. The van der Waals surface area contributed by atoms with E-state index in [4.69, 9.17) is 10.6 Å². The molecule has 3 aromatic heterocycles. The fourth-order valence-electron chi connectivity index (χ4n) is 2.33. The molecular formula is C13H13N7O. The van der Waals surface area contributed by atoms with E-state index >= 15 is 0 Å². The molecular weight excluding hydrogens is 270 g/mol. The van der Waals surface area contributed by atoms with Gasteiger partial charge in [0, 0.05) is 29.6 Å². The molecule has 3 aromatic rings. The first-order valence-electron chi connectivity index (χ1n) is 6.60. The van der Waals surface area contributed by atoms with Gasteiger partial charge in [-0.05, 0) is 35.6 Å². The summed E-state index contributed by atoms with van der Waals surface area (Å²) in [5, 5.41) is 13.4. The van der Waals surface area contributed by atoms with E-state index in [0.29, 0.717) is 11.2 Å². The van der Waals surface area contributed by atoms with E-state index in [-0.39, 0.29) is 12.4 Å². The average Bonchev–Trinajstić information content (AvgIpc) is 2.93. The number of imidazole rings is 1. The second-order valence-electron chi connectivity index (χ2n) is 4.57. The lowest BCUT2D eigenvalue weighted by molar-refractivity contribution is 0.281. The molecule has 21 heavy (non-hydrogen) atoms. The average molecular weight is 283 g/mol. The number of fused-ring (bicyclic) bond motifs is 3. The Kier molecular flexibility index (Phi) is 3.63. The number of hydrogen-bond acceptors (Lipinski definition) is 5. The minimum atomic E-state index is 0.167. The van der Waals surface area contributed by atoms with E-state index in [9.17, 15) is 0 Å². The van der Waals surface area contributed by atoms with Gasteiger partial charge in [-0.1, -0.05) is 0 Å². The Morgan fingerprint density at radius 1 is 1.33 bits per heavy atom. The zero-order valence-corrected chi connectivity index (χ0v) is 11.2. The predicted molar refractivity (Wildman–Crippen MR) is 78.0 cm³/mol. The summed E-state index contributed by atoms with van der Waals surface area (Å²) < 4.78 is 1.98. The molecule has 0 aliphatic heterocycles. The van der Waals surface area contributed by atoms with Gasteiger partial charge in [0.1, 0.15) is 5.52 Å². The number of rotatable bonds is 5. The van der Waals surface area contributed by atoms with E-state index in [1.165, 1.54) is 0 Å². The van der Waals surface area contributed by atoms with Crippen LogP contribution < -0.4 is 0 Å². The summed E-state index contributed by atoms with van der Waals surface area (Å²) in [7, 11) is 0. The number of azide groups is 1. The lowest BCUT2D eigenvalue weighted by Gasteiger charge is -2.06. The first-order chi connectivity index (χ1) is 10.3. The van der Waals surface area contributed by atoms with Gasteiger partial charge in [0.2, 0.25) is 0 Å². The van der Waals surface area contributed by atoms with Crippen LogP contribution in [-0.2, 0) is 6.54 Å². The minimum absolute atomic E-state index is 0.167. The third-order valence-electron chi connectivity index (χ3n) is 3.25. The summed E-state index contributed by atoms with van der Waals surface area (Å²) in [5.74, 6) is 0.236. The van der Waals surface area contributed by atoms with Gasteiger partial charge >= 0.3 is 0 Å². The van der Waals surface area contributed by atoms with Crippen molar-refractivity contribution in [3.8, 4) is 0 Å². The van der Waals surface area contributed by atoms with Crippen LogP contribution in [-0.4, -0.2) is 31.2 Å². The van der Waals surface area contributed by atoms with Gasteiger partial charge in [-0.15, -0.1) is 0 Å². The molecule has 0 unspecified atom stereocenters. The Morgan fingerprint density at radius 3 is 3.05 bits per heavy atom. The van der Waals surface area contributed by atoms with Crippen molar-refractivity contribution in [2.24, 2.45) is 5.11 Å². The molecule has 3 rings (SSSR count). The fraction of sp³-hybridized carbons (Fsp3) is 0.308. The van der Waals surface area contributed by atoms with Crippen LogP contribution in [0.4, 0.5) is 5.82 Å². The quantitative estimate of drug-likeness (QED) is 0.335. The van der Waals surface area contributed by atoms with Crippen LogP contribution in [0.2, 0.25) is 0 Å². The Bertz CT molecular complexity index is 835. The number of aliphatic hydroxyl groups excluding tert-OH is 1. The highest BCUT2D eigenvalue weighted by atomic mass is 16.2. The highest BCUT2D eigenvalue weighted by Crippen LogP contribution is 2.29. The summed E-state index contributed by atoms with van der Waals surface area (Å²) in [4.78, 5) is 15.6. The minimum Gasteiger partial charge on any atom is -0.396 e. The van der Waals surface area contributed by atoms with Crippen molar-refractivity contribution < 1.29 is 5.11 Å². The number of aryl methyl sites for hydroxylation is 1. The number of aliphatic hydroxyl groups is 1. The van der Waals surface area contributed by atoms with Crippen LogP contribution in [0.5, 0.6) is 0 Å². The fourth-order valence-corrected chi connectivity index (χ4v) is 2.33. The first kappa shape index (κ1) is 13.3. The molecule has 1 N–H and O–H groups in total. The number of unbranched alkanes of at least 4 members (excludes halogenated alkanes) is 1. The standard InChI is InChI=1S/C13H13N7O/c14-19-18-13-10-11(9-4-3-5-15-12(9)17-13)20(8-16-10)6-1-2-7-21/h3-5,8,21H,1-2,6-7H2. The molecule has 0 saturated carbocycles. The van der Waals surface area contributed by atoms with Crippen molar-refractivity contribution in [2.45, 2.75) is 19.4 Å². The van der Waals surface area contributed by atoms with Crippen LogP contribution in [0, 0.1) is 0 Å². The van der Waals surface area contributed by atoms with Crippen LogP contribution in [0.15, 0.2) is 29.8 Å². The van der Waals surface area contributed by atoms with Gasteiger partial charge in [-0.2, -0.15) is 0 Å². The van der Waals surface area contributed by atoms with E-state index in [0.717, 1.165) is 30.3 Å². The van der Waals surface area contributed by atoms with Crippen molar-refractivity contribution >= 4 is 27.9 Å². The maximum absolute atomic E-state index is 8.89. The van der Waals surface area contributed by atoms with Crippen LogP contribution in [0.25, 0.3) is 32.5 Å². The molecule has 0 aliphatic carbocycles. The maximum Gasteiger partial charge on any atom is 0.161 e. The molecule has 0 radical (unpaired) electrons. The first-order valence-corrected chi connectivity index (χ1v) is 6.60. The van der Waals surface area contributed by atoms with Crippen molar-refractivity contribution in [2.75, 3.05) is 6.61 Å². The third-order valence-corrected chi connectivity index (χ3v) is 3.25. The van der Waals surface area contributed by atoms with Gasteiger partial charge < -0.3 is 9.67 Å². The molecule has 8 nitrogen and oxygen atoms in total. The van der Waals surface area contributed by atoms with Crippen molar-refractivity contribution in [1.29, 1.82) is 0 Å². The molecule has 8 heteroatoms. The maximum atomic E-state index is 8.89. The SMILES string of the molecule is [N-]=[N+]=Nc1nc2ncccc2c2c1ncn2CCCCO. The van der Waals surface area contributed by atoms with Gasteiger partial charge in [-0.25, -0.2) is 15.0 Å². The molecule has 0 amide bonds. The zero-order valence-electron chi connectivity index (χ0n) is 11.2. The largest absolute Gasteiger partial charge is 0.396 e. The normalized spacial score (nSPS) is 10.9. The van der Waals surface area contributed by atoms with Crippen LogP contribution in [0.1, 0.15) is 12.8 Å². The lowest BCUT2D eigenvalue weighted by atomic mass is 10.2. The zero-order chi connectivity index (χ0) is 14.7. The molecule has 0 aliphatic rings. The summed E-state index contributed by atoms with van der Waals surface area (Å²) in [5.41, 5.74) is 10.6. The molecule has 0 bridgehead atoms. The molecule has 3 heterocycles. The number of nitrogens with zero attached hydrogens (tertiary/aromatic N) is 7. The smallest absolute Gasteiger partial charge is 0.161 e. The van der Waals surface area contributed by atoms with Crippen molar-refractivity contribution in [3.05, 3.63) is 35.1 Å². The summed E-state index contributed by atoms with van der Waals surface area (Å²) in [6, 6.07) is 3.75. The van der Waals surface area contributed by atoms with Crippen LogP contribution >= 0.6 is 0 Å². The number of pyridine rings is 2. The summed E-state index contributed by atoms with van der Waals surface area (Å²) in [6.45, 7) is 0.890. The van der Waals surface area contributed by atoms with Crippen molar-refractivity contribution in [3.63, 3.8) is 0 Å². The van der Waals surface area contributed by atoms with E-state index in [2.05, 4.69) is 25.0 Å². The van der Waals surface area contributed by atoms with E-state index < -0.39 is 0 Å². The van der Waals surface area contributed by atoms with Gasteiger partial charge in [0.05, 0.1) is 11.8 Å². The molecule has 0 saturated heterocycles. The van der Waals surface area contributed by atoms with E-state index in [1.807, 2.05) is 16.7 Å². The third kappa shape index (κ3) is 2.37. The topological polar surface area (TPSA) is 113 Å². The molecule has 0 aromatic carbocycles. The van der Waals surface area contributed by atoms with Crippen molar-refractivity contribution in [1.82, 2.24) is 19.5 Å². The summed E-state index contributed by atoms with van der Waals surface area (Å²) in [6.07, 6.45) is 4.91. The lowest BCUT2D eigenvalue weighted by Crippen LogP contribution is -1.98. The predicted octanol–water partition coefficient (Wildman–Crippen LogP) is 2.69. The molecule has 0 atom stereocenters. The number of hydrogen-bond donors (Lipinski definition) is 1. The molecule has 0 fully saturated rings. The Hall–Kier alpha value is -2.70. The second kappa shape index (κ2) is 5.74. The monoisotopic (exact) mass is 283 g/mol. The Balaban J connectivity index is 2.24. The Morgan fingerprint density at radius 2 is 2.24 bits per heavy atom. The van der Waals surface area contributed by atoms with Gasteiger partial charge in [-0.3, -0.25) is 0 Å². The highest BCUT2D eigenvalue weighted by Gasteiger charge is 2.13. The van der Waals surface area contributed by atoms with Crippen LogP contribution in [0.3, 0.4) is 0 Å². The van der Waals surface area contributed by atoms with Gasteiger partial charge in [0.15, 0.2) is 11.5 Å². The second-order valence-corrected chi connectivity index (χ2v) is 4.57.